The zero-order chi connectivity index (χ0) is 18.2. The number of piperidine rings is 1. The Bertz CT molecular complexity index is 736. The molecule has 0 aliphatic carbocycles. The first kappa shape index (κ1) is 17.9. The number of benzene rings is 1. The van der Waals surface area contributed by atoms with Gasteiger partial charge in [0.2, 0.25) is 0 Å². The first-order chi connectivity index (χ1) is 11.7. The van der Waals surface area contributed by atoms with Crippen LogP contribution in [0.2, 0.25) is 0 Å². The van der Waals surface area contributed by atoms with Crippen molar-refractivity contribution in [3.8, 4) is 10.4 Å². The number of hydrogen-bond acceptors (Lipinski definition) is 4. The van der Waals surface area contributed by atoms with Gasteiger partial charge in [-0.1, -0.05) is 41.7 Å². The van der Waals surface area contributed by atoms with Gasteiger partial charge in [-0.05, 0) is 46.1 Å². The van der Waals surface area contributed by atoms with E-state index in [4.69, 9.17) is 5.73 Å². The SMILES string of the molecule is CC1(C)CC(N)CC(C)(C)N1C(=O)Nc1ncc(-c2ccccc2)s1. The van der Waals surface area contributed by atoms with Gasteiger partial charge >= 0.3 is 6.03 Å². The number of nitrogens with one attached hydrogen (secondary N) is 1. The number of nitrogens with zero attached hydrogens (tertiary/aromatic N) is 2. The van der Waals surface area contributed by atoms with Crippen LogP contribution in [0.15, 0.2) is 36.5 Å². The number of nitrogens with two attached hydrogens (primary N) is 1. The van der Waals surface area contributed by atoms with Crippen molar-refractivity contribution in [2.75, 3.05) is 5.32 Å². The standard InChI is InChI=1S/C19H26N4OS/c1-18(2)10-14(20)11-19(3,4)23(18)17(24)22-16-21-12-15(25-16)13-8-6-5-7-9-13/h5-9,12,14H,10-11,20H2,1-4H3,(H,21,22,24). The Balaban J connectivity index is 1.79. The summed E-state index contributed by atoms with van der Waals surface area (Å²) in [7, 11) is 0. The lowest BCUT2D eigenvalue weighted by atomic mass is 9.77. The van der Waals surface area contributed by atoms with E-state index in [2.05, 4.69) is 38.0 Å². The molecule has 0 saturated carbocycles. The van der Waals surface area contributed by atoms with E-state index in [1.807, 2.05) is 35.2 Å². The average molecular weight is 359 g/mol. The number of carbonyl (C=O) groups is 1. The number of likely N-dealkylation sites (tertiary alicyclic amines) is 1. The molecule has 2 amide bonds. The molecule has 3 rings (SSSR count). The van der Waals surface area contributed by atoms with E-state index in [0.717, 1.165) is 23.3 Å². The Labute approximate surface area is 153 Å². The summed E-state index contributed by atoms with van der Waals surface area (Å²) in [4.78, 5) is 20.3. The molecule has 0 unspecified atom stereocenters. The van der Waals surface area contributed by atoms with Crippen molar-refractivity contribution in [1.82, 2.24) is 9.88 Å². The highest BCUT2D eigenvalue weighted by Crippen LogP contribution is 2.38. The fourth-order valence-electron chi connectivity index (χ4n) is 4.12. The fraction of sp³-hybridized carbons (Fsp3) is 0.474. The number of hydrogen-bond donors (Lipinski definition) is 2. The summed E-state index contributed by atoms with van der Waals surface area (Å²) in [6, 6.07) is 10.0. The third-order valence-electron chi connectivity index (χ3n) is 4.72. The second-order valence-corrected chi connectivity index (χ2v) is 8.99. The minimum absolute atomic E-state index is 0.110. The van der Waals surface area contributed by atoms with Crippen molar-refractivity contribution in [1.29, 1.82) is 0 Å². The van der Waals surface area contributed by atoms with Gasteiger partial charge in [0.05, 0.1) is 4.88 Å². The number of carbonyl (C=O) groups excluding carboxylic acids is 1. The lowest BCUT2D eigenvalue weighted by molar-refractivity contribution is 0.00876. The Morgan fingerprint density at radius 1 is 1.20 bits per heavy atom. The van der Waals surface area contributed by atoms with E-state index in [0.29, 0.717) is 5.13 Å². The van der Waals surface area contributed by atoms with Crippen molar-refractivity contribution in [3.63, 3.8) is 0 Å². The van der Waals surface area contributed by atoms with Crippen LogP contribution in [0.25, 0.3) is 10.4 Å². The predicted octanol–water partition coefficient (Wildman–Crippen LogP) is 4.32. The number of thiazole rings is 1. The largest absolute Gasteiger partial charge is 0.328 e. The van der Waals surface area contributed by atoms with Gasteiger partial charge in [0.1, 0.15) is 0 Å². The zero-order valence-electron chi connectivity index (χ0n) is 15.2. The number of rotatable bonds is 2. The van der Waals surface area contributed by atoms with Crippen LogP contribution in [0, 0.1) is 0 Å². The molecule has 1 fully saturated rings. The van der Waals surface area contributed by atoms with Crippen molar-refractivity contribution in [2.45, 2.75) is 57.7 Å². The molecule has 0 bridgehead atoms. The first-order valence-electron chi connectivity index (χ1n) is 8.57. The van der Waals surface area contributed by atoms with Gasteiger partial charge in [0.15, 0.2) is 5.13 Å². The van der Waals surface area contributed by atoms with Gasteiger partial charge in [-0.25, -0.2) is 9.78 Å². The van der Waals surface area contributed by atoms with Crippen LogP contribution in [0.5, 0.6) is 0 Å². The second kappa shape index (κ2) is 6.42. The maximum absolute atomic E-state index is 13.0. The molecule has 5 nitrogen and oxygen atoms in total. The van der Waals surface area contributed by atoms with Crippen LogP contribution >= 0.6 is 11.3 Å². The molecule has 3 N–H and O–H groups in total. The maximum Gasteiger partial charge on any atom is 0.324 e. The molecular weight excluding hydrogens is 332 g/mol. The lowest BCUT2D eigenvalue weighted by Crippen LogP contribution is -2.66. The van der Waals surface area contributed by atoms with Crippen LogP contribution in [-0.4, -0.2) is 33.0 Å². The molecule has 1 aromatic heterocycles. The molecule has 134 valence electrons. The van der Waals surface area contributed by atoms with Gasteiger partial charge in [0, 0.05) is 23.3 Å². The first-order valence-corrected chi connectivity index (χ1v) is 9.39. The molecular formula is C19H26N4OS. The van der Waals surface area contributed by atoms with Crippen molar-refractivity contribution in [2.24, 2.45) is 5.73 Å². The molecule has 2 aromatic rings. The minimum Gasteiger partial charge on any atom is -0.328 e. The quantitative estimate of drug-likeness (QED) is 0.840. The van der Waals surface area contributed by atoms with E-state index in [1.54, 1.807) is 6.20 Å². The van der Waals surface area contributed by atoms with Gasteiger partial charge in [-0.15, -0.1) is 0 Å². The van der Waals surface area contributed by atoms with E-state index in [9.17, 15) is 4.79 Å². The van der Waals surface area contributed by atoms with E-state index in [1.165, 1.54) is 11.3 Å². The normalized spacial score (nSPS) is 19.6. The van der Waals surface area contributed by atoms with Crippen molar-refractivity contribution >= 4 is 22.5 Å². The van der Waals surface area contributed by atoms with Crippen LogP contribution in [0.1, 0.15) is 40.5 Å². The summed E-state index contributed by atoms with van der Waals surface area (Å²) >= 11 is 1.48. The van der Waals surface area contributed by atoms with Crippen LogP contribution in [0.3, 0.4) is 0 Å². The van der Waals surface area contributed by atoms with E-state index in [-0.39, 0.29) is 23.2 Å². The molecule has 1 aromatic carbocycles. The maximum atomic E-state index is 13.0. The molecule has 0 radical (unpaired) electrons. The highest BCUT2D eigenvalue weighted by atomic mass is 32.1. The molecule has 0 atom stereocenters. The van der Waals surface area contributed by atoms with E-state index < -0.39 is 0 Å². The molecule has 6 heteroatoms. The Hall–Kier alpha value is -1.92. The van der Waals surface area contributed by atoms with Crippen LogP contribution < -0.4 is 11.1 Å². The summed E-state index contributed by atoms with van der Waals surface area (Å²) in [6.45, 7) is 8.30. The molecule has 1 saturated heterocycles. The summed E-state index contributed by atoms with van der Waals surface area (Å²) in [5.74, 6) is 0. The Kier molecular flexibility index (Phi) is 4.60. The van der Waals surface area contributed by atoms with Crippen molar-refractivity contribution in [3.05, 3.63) is 36.5 Å². The van der Waals surface area contributed by atoms with Crippen LogP contribution in [0.4, 0.5) is 9.93 Å². The van der Waals surface area contributed by atoms with Crippen molar-refractivity contribution < 1.29 is 4.79 Å². The van der Waals surface area contributed by atoms with E-state index >= 15 is 0 Å². The molecule has 0 spiro atoms. The smallest absolute Gasteiger partial charge is 0.324 e. The zero-order valence-corrected chi connectivity index (χ0v) is 16.1. The Morgan fingerprint density at radius 2 is 1.80 bits per heavy atom. The third-order valence-corrected chi connectivity index (χ3v) is 5.68. The number of amides is 2. The molecule has 25 heavy (non-hydrogen) atoms. The minimum atomic E-state index is -0.301. The lowest BCUT2D eigenvalue weighted by Gasteiger charge is -2.54. The summed E-state index contributed by atoms with van der Waals surface area (Å²) in [6.07, 6.45) is 3.38. The molecule has 2 heterocycles. The summed E-state index contributed by atoms with van der Waals surface area (Å²) in [5.41, 5.74) is 6.70. The van der Waals surface area contributed by atoms with Gasteiger partial charge < -0.3 is 10.6 Å². The number of aromatic nitrogens is 1. The number of urea groups is 1. The predicted molar refractivity (Wildman–Crippen MR) is 104 cm³/mol. The molecule has 1 aliphatic heterocycles. The van der Waals surface area contributed by atoms with Gasteiger partial charge in [-0.3, -0.25) is 5.32 Å². The number of anilines is 1. The average Bonchev–Trinajstić information content (AvgIpc) is 2.93. The Morgan fingerprint density at radius 3 is 2.40 bits per heavy atom. The van der Waals surface area contributed by atoms with Gasteiger partial charge in [0.25, 0.3) is 0 Å². The topological polar surface area (TPSA) is 71.2 Å². The summed E-state index contributed by atoms with van der Waals surface area (Å²) < 4.78 is 0. The highest BCUT2D eigenvalue weighted by molar-refractivity contribution is 7.19. The fourth-order valence-corrected chi connectivity index (χ4v) is 4.93. The van der Waals surface area contributed by atoms with Crippen LogP contribution in [-0.2, 0) is 0 Å². The van der Waals surface area contributed by atoms with Gasteiger partial charge in [-0.2, -0.15) is 0 Å². The monoisotopic (exact) mass is 358 g/mol. The summed E-state index contributed by atoms with van der Waals surface area (Å²) in [5, 5.41) is 3.60. The second-order valence-electron chi connectivity index (χ2n) is 7.95. The third kappa shape index (κ3) is 3.70. The molecule has 1 aliphatic rings. The highest BCUT2D eigenvalue weighted by Gasteiger charge is 2.47.